The number of nitrogens with one attached hydrogen (secondary N) is 1. The number of hydrogen-bond donors (Lipinski definition) is 2. The summed E-state index contributed by atoms with van der Waals surface area (Å²) in [6, 6.07) is 4.20. The molecule has 10 nitrogen and oxygen atoms in total. The molecule has 0 saturated carbocycles. The lowest BCUT2D eigenvalue weighted by atomic mass is 10.1. The highest BCUT2D eigenvalue weighted by atomic mass is 32.2. The summed E-state index contributed by atoms with van der Waals surface area (Å²) >= 11 is 0. The van der Waals surface area contributed by atoms with Gasteiger partial charge in [0.2, 0.25) is 5.60 Å². The van der Waals surface area contributed by atoms with Gasteiger partial charge >= 0.3 is 18.2 Å². The number of rotatable bonds is 8. The molecule has 0 radical (unpaired) electrons. The quantitative estimate of drug-likeness (QED) is 0.429. The summed E-state index contributed by atoms with van der Waals surface area (Å²) < 4.78 is 111. The highest BCUT2D eigenvalue weighted by Gasteiger charge is 2.51. The van der Waals surface area contributed by atoms with Crippen molar-refractivity contribution in [3.63, 3.8) is 0 Å². The van der Waals surface area contributed by atoms with Crippen LogP contribution in [-0.4, -0.2) is 57.1 Å². The standard InChI is InChI=1S/C23H23F5N2O8S/c1-22(2,23(26,27)28)38-21(33)29-12-8-16(25)20-17(9-12)30(11-13(37-20)4-7-19(31)32)39(34,35)14-5-6-15(24)18(10-14)36-3/h5-6,8-10,13H,4,7,11H2,1-3H3,(H,29,33)(H,31,32)/t13-/m0/s1. The van der Waals surface area contributed by atoms with Crippen LogP contribution in [0.5, 0.6) is 11.5 Å². The lowest BCUT2D eigenvalue weighted by Gasteiger charge is -2.36. The Kier molecular flexibility index (Phi) is 8.19. The van der Waals surface area contributed by atoms with E-state index in [1.807, 2.05) is 5.32 Å². The molecule has 0 aromatic heterocycles. The number of aliphatic carboxylic acids is 1. The van der Waals surface area contributed by atoms with E-state index in [0.717, 1.165) is 31.4 Å². The normalized spacial score (nSPS) is 15.7. The van der Waals surface area contributed by atoms with E-state index in [1.165, 1.54) is 0 Å². The second-order valence-electron chi connectivity index (χ2n) is 8.83. The monoisotopic (exact) mass is 582 g/mol. The van der Waals surface area contributed by atoms with E-state index in [-0.39, 0.29) is 6.42 Å². The van der Waals surface area contributed by atoms with Gasteiger partial charge in [-0.15, -0.1) is 0 Å². The van der Waals surface area contributed by atoms with Gasteiger partial charge in [0, 0.05) is 24.2 Å². The van der Waals surface area contributed by atoms with Crippen molar-refractivity contribution in [1.29, 1.82) is 0 Å². The van der Waals surface area contributed by atoms with Gasteiger partial charge in [0.15, 0.2) is 23.1 Å². The van der Waals surface area contributed by atoms with Gasteiger partial charge in [0.1, 0.15) is 6.10 Å². The van der Waals surface area contributed by atoms with Crippen molar-refractivity contribution in [3.8, 4) is 11.5 Å². The van der Waals surface area contributed by atoms with Crippen molar-refractivity contribution in [2.75, 3.05) is 23.3 Å². The molecule has 0 bridgehead atoms. The summed E-state index contributed by atoms with van der Waals surface area (Å²) in [7, 11) is -3.50. The molecule has 16 heteroatoms. The first kappa shape index (κ1) is 29.7. The molecular formula is C23H23F5N2O8S. The van der Waals surface area contributed by atoms with Crippen LogP contribution in [0, 0.1) is 11.6 Å². The molecule has 0 saturated heterocycles. The smallest absolute Gasteiger partial charge is 0.427 e. The van der Waals surface area contributed by atoms with Crippen LogP contribution in [0.3, 0.4) is 0 Å². The molecule has 39 heavy (non-hydrogen) atoms. The number of fused-ring (bicyclic) bond motifs is 1. The predicted octanol–water partition coefficient (Wildman–Crippen LogP) is 4.68. The fourth-order valence-corrected chi connectivity index (χ4v) is 4.97. The van der Waals surface area contributed by atoms with Gasteiger partial charge < -0.3 is 19.3 Å². The predicted molar refractivity (Wildman–Crippen MR) is 125 cm³/mol. The SMILES string of the molecule is COc1cc(S(=O)(=O)N2C[C@H](CCC(=O)O)Oc3c(F)cc(NC(=O)OC(C)(C)C(F)(F)F)cc32)ccc1F. The number of carboxylic acid groups (broad SMARTS) is 1. The van der Waals surface area contributed by atoms with E-state index in [9.17, 15) is 35.6 Å². The first-order valence-electron chi connectivity index (χ1n) is 11.1. The number of benzene rings is 2. The third-order valence-electron chi connectivity index (χ3n) is 5.61. The number of carbonyl (C=O) groups excluding carboxylic acids is 1. The van der Waals surface area contributed by atoms with Gasteiger partial charge in [0.05, 0.1) is 24.2 Å². The highest BCUT2D eigenvalue weighted by molar-refractivity contribution is 7.92. The maximum absolute atomic E-state index is 15.1. The van der Waals surface area contributed by atoms with Gasteiger partial charge in [-0.3, -0.25) is 14.4 Å². The average molecular weight is 583 g/mol. The van der Waals surface area contributed by atoms with Crippen LogP contribution < -0.4 is 19.1 Å². The van der Waals surface area contributed by atoms with E-state index in [4.69, 9.17) is 14.6 Å². The Morgan fingerprint density at radius 3 is 2.41 bits per heavy atom. The minimum atomic E-state index is -4.93. The first-order chi connectivity index (χ1) is 18.0. The number of carboxylic acids is 1. The van der Waals surface area contributed by atoms with E-state index in [0.29, 0.717) is 24.2 Å². The fraction of sp³-hybridized carbons (Fsp3) is 0.391. The molecule has 3 rings (SSSR count). The minimum absolute atomic E-state index is 0.216. The molecule has 0 unspecified atom stereocenters. The Morgan fingerprint density at radius 1 is 1.15 bits per heavy atom. The van der Waals surface area contributed by atoms with Crippen LogP contribution in [0.1, 0.15) is 26.7 Å². The zero-order valence-corrected chi connectivity index (χ0v) is 21.5. The van der Waals surface area contributed by atoms with Crippen molar-refractivity contribution in [2.45, 2.75) is 49.5 Å². The Morgan fingerprint density at radius 2 is 1.82 bits per heavy atom. The molecule has 2 aromatic rings. The minimum Gasteiger partial charge on any atom is -0.494 e. The topological polar surface area (TPSA) is 131 Å². The number of nitrogens with zero attached hydrogens (tertiary/aromatic N) is 1. The Balaban J connectivity index is 2.05. The molecule has 2 N–H and O–H groups in total. The van der Waals surface area contributed by atoms with Crippen LogP contribution in [0.15, 0.2) is 35.2 Å². The Hall–Kier alpha value is -3.82. The molecule has 1 amide bonds. The lowest BCUT2D eigenvalue weighted by molar-refractivity contribution is -0.242. The summed E-state index contributed by atoms with van der Waals surface area (Å²) in [5.74, 6) is -4.33. The van der Waals surface area contributed by atoms with Crippen molar-refractivity contribution in [1.82, 2.24) is 0 Å². The number of halogens is 5. The second kappa shape index (κ2) is 10.7. The maximum atomic E-state index is 15.1. The highest BCUT2D eigenvalue weighted by Crippen LogP contribution is 2.42. The maximum Gasteiger partial charge on any atom is 0.427 e. The van der Waals surface area contributed by atoms with Gasteiger partial charge in [-0.25, -0.2) is 22.0 Å². The van der Waals surface area contributed by atoms with E-state index in [2.05, 4.69) is 4.74 Å². The number of hydrogen-bond acceptors (Lipinski definition) is 7. The summed E-state index contributed by atoms with van der Waals surface area (Å²) in [4.78, 5) is 22.7. The number of carbonyl (C=O) groups is 2. The average Bonchev–Trinajstić information content (AvgIpc) is 2.81. The van der Waals surface area contributed by atoms with Crippen LogP contribution in [-0.2, 0) is 19.6 Å². The number of methoxy groups -OCH3 is 1. The summed E-state index contributed by atoms with van der Waals surface area (Å²) in [5, 5.41) is 10.9. The molecule has 1 atom stereocenters. The molecule has 0 aliphatic carbocycles. The zero-order valence-electron chi connectivity index (χ0n) is 20.6. The summed E-state index contributed by atoms with van der Waals surface area (Å²) in [6.07, 6.45) is -8.32. The third-order valence-corrected chi connectivity index (χ3v) is 7.39. The van der Waals surface area contributed by atoms with Crippen molar-refractivity contribution < 1.29 is 59.3 Å². The second-order valence-corrected chi connectivity index (χ2v) is 10.7. The Labute approximate surface area is 219 Å². The third kappa shape index (κ3) is 6.43. The number of alkyl halides is 3. The molecule has 2 aromatic carbocycles. The molecule has 1 aliphatic heterocycles. The van der Waals surface area contributed by atoms with Gasteiger partial charge in [-0.05, 0) is 38.5 Å². The summed E-state index contributed by atoms with van der Waals surface area (Å²) in [6.45, 7) is 0.670. The van der Waals surface area contributed by atoms with Crippen molar-refractivity contribution in [3.05, 3.63) is 42.0 Å². The molecule has 0 spiro atoms. The Bertz CT molecular complexity index is 1380. The number of ether oxygens (including phenoxy) is 3. The largest absolute Gasteiger partial charge is 0.494 e. The van der Waals surface area contributed by atoms with Crippen molar-refractivity contribution in [2.24, 2.45) is 0 Å². The van der Waals surface area contributed by atoms with Crippen LogP contribution in [0.25, 0.3) is 0 Å². The van der Waals surface area contributed by atoms with Crippen molar-refractivity contribution >= 4 is 33.5 Å². The van der Waals surface area contributed by atoms with E-state index in [1.54, 1.807) is 0 Å². The molecule has 0 fully saturated rings. The molecule has 1 heterocycles. The number of sulfonamides is 1. The van der Waals surface area contributed by atoms with E-state index < -0.39 is 92.3 Å². The molecule has 1 aliphatic rings. The fourth-order valence-electron chi connectivity index (χ4n) is 3.46. The number of amides is 1. The van der Waals surface area contributed by atoms with E-state index >= 15 is 4.39 Å². The van der Waals surface area contributed by atoms with Gasteiger partial charge in [0.25, 0.3) is 10.0 Å². The summed E-state index contributed by atoms with van der Waals surface area (Å²) in [5.41, 5.74) is -3.84. The van der Waals surface area contributed by atoms with Gasteiger partial charge in [-0.2, -0.15) is 13.2 Å². The number of anilines is 2. The lowest BCUT2D eigenvalue weighted by Crippen LogP contribution is -2.44. The van der Waals surface area contributed by atoms with Crippen LogP contribution >= 0.6 is 0 Å². The van der Waals surface area contributed by atoms with Crippen LogP contribution in [0.2, 0.25) is 0 Å². The molecule has 214 valence electrons. The molecular weight excluding hydrogens is 559 g/mol. The zero-order chi connectivity index (χ0) is 29.3. The van der Waals surface area contributed by atoms with Crippen LogP contribution in [0.4, 0.5) is 38.1 Å². The first-order valence-corrected chi connectivity index (χ1v) is 12.5. The van der Waals surface area contributed by atoms with Gasteiger partial charge in [-0.1, -0.05) is 0 Å².